The highest BCUT2D eigenvalue weighted by Crippen LogP contribution is 2.08. The maximum Gasteiger partial charge on any atom is 0.326 e. The Labute approximate surface area is 126 Å². The summed E-state index contributed by atoms with van der Waals surface area (Å²) in [6.45, 7) is 2.17. The van der Waals surface area contributed by atoms with Crippen molar-refractivity contribution in [3.63, 3.8) is 0 Å². The number of carboxylic acid groups (broad SMARTS) is 1. The fraction of sp³-hybridized carbons (Fsp3) is 0.800. The molecule has 0 aliphatic rings. The quantitative estimate of drug-likeness (QED) is 0.452. The Morgan fingerprint density at radius 1 is 1.00 bits per heavy atom. The highest BCUT2D eigenvalue weighted by molar-refractivity contribution is 5.84. The second kappa shape index (κ2) is 12.2. The molecular weight excluding hydrogens is 272 g/mol. The number of unbranched alkanes of at least 4 members (excludes halogenated alkanes) is 6. The van der Waals surface area contributed by atoms with E-state index in [1.807, 2.05) is 0 Å². The first-order chi connectivity index (χ1) is 9.97. The molecule has 0 heterocycles. The predicted octanol–water partition coefficient (Wildman–Crippen LogP) is 1.96. The normalized spacial score (nSPS) is 11.9. The Hall–Kier alpha value is -1.59. The molecule has 0 rings (SSSR count). The average molecular weight is 300 g/mol. The standard InChI is InChI=1S/C15H28N2O4/c1-2-3-4-5-6-7-8-9-14(19)17-12(15(20)21)10-11-13(16)18/h12H,2-11H2,1H3,(H2,16,18)(H,17,19)(H,20,21)/t12-/m0/s1. The number of hydrogen-bond donors (Lipinski definition) is 3. The SMILES string of the molecule is CCCCCCCCCC(=O)N[C@@H](CCC(N)=O)C(=O)O. The van der Waals surface area contributed by atoms with Crippen LogP contribution in [-0.4, -0.2) is 28.9 Å². The number of amides is 2. The third-order valence-corrected chi connectivity index (χ3v) is 3.32. The second-order valence-corrected chi connectivity index (χ2v) is 5.33. The van der Waals surface area contributed by atoms with Gasteiger partial charge in [-0.2, -0.15) is 0 Å². The third-order valence-electron chi connectivity index (χ3n) is 3.32. The lowest BCUT2D eigenvalue weighted by Gasteiger charge is -2.13. The van der Waals surface area contributed by atoms with Crippen molar-refractivity contribution in [1.82, 2.24) is 5.32 Å². The van der Waals surface area contributed by atoms with Gasteiger partial charge in [0.15, 0.2) is 0 Å². The highest BCUT2D eigenvalue weighted by atomic mass is 16.4. The molecule has 0 saturated heterocycles. The molecule has 0 aliphatic carbocycles. The lowest BCUT2D eigenvalue weighted by atomic mass is 10.1. The van der Waals surface area contributed by atoms with Gasteiger partial charge in [-0.1, -0.05) is 45.4 Å². The van der Waals surface area contributed by atoms with Gasteiger partial charge in [0.1, 0.15) is 6.04 Å². The molecule has 0 aromatic carbocycles. The summed E-state index contributed by atoms with van der Waals surface area (Å²) in [7, 11) is 0. The van der Waals surface area contributed by atoms with Gasteiger partial charge in [0.2, 0.25) is 11.8 Å². The number of primary amides is 1. The van der Waals surface area contributed by atoms with E-state index in [2.05, 4.69) is 12.2 Å². The Morgan fingerprint density at radius 3 is 2.10 bits per heavy atom. The minimum Gasteiger partial charge on any atom is -0.480 e. The van der Waals surface area contributed by atoms with Gasteiger partial charge < -0.3 is 16.2 Å². The van der Waals surface area contributed by atoms with E-state index in [-0.39, 0.29) is 18.7 Å². The first-order valence-corrected chi connectivity index (χ1v) is 7.77. The highest BCUT2D eigenvalue weighted by Gasteiger charge is 2.19. The molecule has 6 nitrogen and oxygen atoms in total. The van der Waals surface area contributed by atoms with Gasteiger partial charge in [0.05, 0.1) is 0 Å². The summed E-state index contributed by atoms with van der Waals surface area (Å²) in [6.07, 6.45) is 8.05. The van der Waals surface area contributed by atoms with Crippen molar-refractivity contribution in [2.75, 3.05) is 0 Å². The summed E-state index contributed by atoms with van der Waals surface area (Å²) in [4.78, 5) is 33.3. The Balaban J connectivity index is 3.78. The molecular formula is C15H28N2O4. The molecule has 0 saturated carbocycles. The molecule has 1 atom stereocenters. The Bertz CT molecular complexity index is 332. The summed E-state index contributed by atoms with van der Waals surface area (Å²) in [5.41, 5.74) is 4.98. The molecule has 0 aromatic rings. The van der Waals surface area contributed by atoms with Gasteiger partial charge >= 0.3 is 5.97 Å². The topological polar surface area (TPSA) is 109 Å². The van der Waals surface area contributed by atoms with Gasteiger partial charge in [-0.15, -0.1) is 0 Å². The summed E-state index contributed by atoms with van der Waals surface area (Å²) in [5.74, 6) is -1.98. The minimum absolute atomic E-state index is 0.0351. The van der Waals surface area contributed by atoms with Crippen LogP contribution in [0.2, 0.25) is 0 Å². The number of carbonyl (C=O) groups is 3. The maximum atomic E-state index is 11.6. The number of nitrogens with one attached hydrogen (secondary N) is 1. The van der Waals surface area contributed by atoms with E-state index in [9.17, 15) is 14.4 Å². The molecule has 0 aliphatic heterocycles. The molecule has 0 unspecified atom stereocenters. The molecule has 0 aromatic heterocycles. The smallest absolute Gasteiger partial charge is 0.326 e. The van der Waals surface area contributed by atoms with Crippen LogP contribution in [0, 0.1) is 0 Å². The summed E-state index contributed by atoms with van der Waals surface area (Å²) < 4.78 is 0. The van der Waals surface area contributed by atoms with Gasteiger partial charge in [-0.25, -0.2) is 4.79 Å². The number of aliphatic carboxylic acids is 1. The van der Waals surface area contributed by atoms with Gasteiger partial charge in [-0.3, -0.25) is 9.59 Å². The summed E-state index contributed by atoms with van der Waals surface area (Å²) >= 11 is 0. The molecule has 21 heavy (non-hydrogen) atoms. The van der Waals surface area contributed by atoms with Crippen LogP contribution < -0.4 is 11.1 Å². The lowest BCUT2D eigenvalue weighted by Crippen LogP contribution is -2.41. The van der Waals surface area contributed by atoms with E-state index in [4.69, 9.17) is 10.8 Å². The van der Waals surface area contributed by atoms with Crippen LogP contribution in [0.25, 0.3) is 0 Å². The van der Waals surface area contributed by atoms with Crippen molar-refractivity contribution in [3.05, 3.63) is 0 Å². The molecule has 6 heteroatoms. The van der Waals surface area contributed by atoms with Gasteiger partial charge in [-0.05, 0) is 12.8 Å². The van der Waals surface area contributed by atoms with E-state index in [1.165, 1.54) is 25.7 Å². The third kappa shape index (κ3) is 11.9. The summed E-state index contributed by atoms with van der Waals surface area (Å²) in [6, 6.07) is -1.03. The molecule has 0 bridgehead atoms. The number of nitrogens with two attached hydrogens (primary N) is 1. The van der Waals surface area contributed by atoms with Gasteiger partial charge in [0.25, 0.3) is 0 Å². The molecule has 4 N–H and O–H groups in total. The van der Waals surface area contributed by atoms with Gasteiger partial charge in [0, 0.05) is 12.8 Å². The van der Waals surface area contributed by atoms with Crippen LogP contribution in [-0.2, 0) is 14.4 Å². The zero-order valence-electron chi connectivity index (χ0n) is 12.9. The first kappa shape index (κ1) is 19.4. The Morgan fingerprint density at radius 2 is 1.57 bits per heavy atom. The molecule has 122 valence electrons. The van der Waals surface area contributed by atoms with Crippen LogP contribution in [0.1, 0.15) is 71.1 Å². The largest absolute Gasteiger partial charge is 0.480 e. The van der Waals surface area contributed by atoms with Crippen LogP contribution >= 0.6 is 0 Å². The van der Waals surface area contributed by atoms with Crippen molar-refractivity contribution in [1.29, 1.82) is 0 Å². The van der Waals surface area contributed by atoms with E-state index >= 15 is 0 Å². The first-order valence-electron chi connectivity index (χ1n) is 7.77. The van der Waals surface area contributed by atoms with Crippen LogP contribution in [0.5, 0.6) is 0 Å². The van der Waals surface area contributed by atoms with E-state index in [0.717, 1.165) is 19.3 Å². The molecule has 0 radical (unpaired) electrons. The monoisotopic (exact) mass is 300 g/mol. The van der Waals surface area contributed by atoms with Crippen LogP contribution in [0.4, 0.5) is 0 Å². The van der Waals surface area contributed by atoms with E-state index in [0.29, 0.717) is 6.42 Å². The fourth-order valence-electron chi connectivity index (χ4n) is 2.05. The zero-order valence-corrected chi connectivity index (χ0v) is 12.9. The van der Waals surface area contributed by atoms with Crippen molar-refractivity contribution in [2.24, 2.45) is 5.73 Å². The van der Waals surface area contributed by atoms with E-state index in [1.54, 1.807) is 0 Å². The summed E-state index contributed by atoms with van der Waals surface area (Å²) in [5, 5.41) is 11.4. The minimum atomic E-state index is -1.14. The number of hydrogen-bond acceptors (Lipinski definition) is 3. The number of rotatable bonds is 13. The fourth-order valence-corrected chi connectivity index (χ4v) is 2.05. The Kier molecular flexibility index (Phi) is 11.3. The second-order valence-electron chi connectivity index (χ2n) is 5.33. The van der Waals surface area contributed by atoms with Crippen molar-refractivity contribution >= 4 is 17.8 Å². The zero-order chi connectivity index (χ0) is 16.1. The lowest BCUT2D eigenvalue weighted by molar-refractivity contribution is -0.142. The number of carbonyl (C=O) groups excluding carboxylic acids is 2. The van der Waals surface area contributed by atoms with Crippen molar-refractivity contribution in [2.45, 2.75) is 77.2 Å². The van der Waals surface area contributed by atoms with Crippen LogP contribution in [0.3, 0.4) is 0 Å². The predicted molar refractivity (Wildman–Crippen MR) is 80.6 cm³/mol. The average Bonchev–Trinajstić information content (AvgIpc) is 2.41. The van der Waals surface area contributed by atoms with Crippen molar-refractivity contribution < 1.29 is 19.5 Å². The number of carboxylic acids is 1. The maximum absolute atomic E-state index is 11.6. The molecule has 0 spiro atoms. The van der Waals surface area contributed by atoms with Crippen LogP contribution in [0.15, 0.2) is 0 Å². The van der Waals surface area contributed by atoms with E-state index < -0.39 is 17.9 Å². The molecule has 2 amide bonds. The molecule has 0 fully saturated rings. The van der Waals surface area contributed by atoms with Crippen molar-refractivity contribution in [3.8, 4) is 0 Å².